The monoisotopic (exact) mass is 285 g/mol. The minimum absolute atomic E-state index is 0.478. The van der Waals surface area contributed by atoms with Gasteiger partial charge >= 0.3 is 0 Å². The van der Waals surface area contributed by atoms with E-state index in [2.05, 4.69) is 49.2 Å². The minimum atomic E-state index is 0.478. The molecule has 0 atom stereocenters. The van der Waals surface area contributed by atoms with Crippen LogP contribution in [0.2, 0.25) is 0 Å². The Bertz CT molecular complexity index is 529. The van der Waals surface area contributed by atoms with E-state index in [-0.39, 0.29) is 0 Å². The summed E-state index contributed by atoms with van der Waals surface area (Å²) >= 11 is 0. The Kier molecular flexibility index (Phi) is 4.29. The zero-order valence-corrected chi connectivity index (χ0v) is 13.5. The van der Waals surface area contributed by atoms with Gasteiger partial charge in [0.15, 0.2) is 0 Å². The summed E-state index contributed by atoms with van der Waals surface area (Å²) in [4.78, 5) is 7.32. The zero-order chi connectivity index (χ0) is 14.8. The van der Waals surface area contributed by atoms with E-state index in [4.69, 9.17) is 4.98 Å². The van der Waals surface area contributed by atoms with Gasteiger partial charge in [0.1, 0.15) is 5.82 Å². The van der Waals surface area contributed by atoms with E-state index in [9.17, 15) is 0 Å². The fraction of sp³-hybridized carbons (Fsp3) is 0.611. The molecule has 1 aromatic heterocycles. The standard InChI is InChI=1S/C18H27N3/c1-13(2)17-9-15(11-19-16-6-7-16)10-18(20-17)21-8-4-5-14(3)12-21/h5,9-10,13,16,19H,4,6-8,11-12H2,1-3H3. The van der Waals surface area contributed by atoms with E-state index in [0.717, 1.165) is 37.9 Å². The Balaban J connectivity index is 1.81. The third-order valence-electron chi connectivity index (χ3n) is 4.31. The molecule has 3 nitrogen and oxygen atoms in total. The lowest BCUT2D eigenvalue weighted by Gasteiger charge is -2.28. The number of hydrogen-bond donors (Lipinski definition) is 1. The molecule has 0 spiro atoms. The molecule has 0 saturated heterocycles. The predicted octanol–water partition coefficient (Wildman–Crippen LogP) is 3.61. The molecule has 0 radical (unpaired) electrons. The maximum absolute atomic E-state index is 4.90. The number of rotatable bonds is 5. The molecular formula is C18H27N3. The van der Waals surface area contributed by atoms with Crippen LogP contribution in [0, 0.1) is 0 Å². The molecule has 2 aliphatic rings. The number of nitrogens with one attached hydrogen (secondary N) is 1. The maximum atomic E-state index is 4.90. The number of anilines is 1. The summed E-state index contributed by atoms with van der Waals surface area (Å²) in [6, 6.07) is 5.31. The van der Waals surface area contributed by atoms with Gasteiger partial charge in [0.2, 0.25) is 0 Å². The lowest BCUT2D eigenvalue weighted by atomic mass is 10.1. The molecular weight excluding hydrogens is 258 g/mol. The summed E-state index contributed by atoms with van der Waals surface area (Å²) < 4.78 is 0. The summed E-state index contributed by atoms with van der Waals surface area (Å²) in [5.74, 6) is 1.63. The van der Waals surface area contributed by atoms with Crippen molar-refractivity contribution in [2.75, 3.05) is 18.0 Å². The normalized spacial score (nSPS) is 19.0. The Morgan fingerprint density at radius 2 is 2.14 bits per heavy atom. The van der Waals surface area contributed by atoms with Gasteiger partial charge in [-0.2, -0.15) is 0 Å². The first-order chi connectivity index (χ1) is 10.1. The first kappa shape index (κ1) is 14.6. The molecule has 21 heavy (non-hydrogen) atoms. The maximum Gasteiger partial charge on any atom is 0.129 e. The Morgan fingerprint density at radius 3 is 2.81 bits per heavy atom. The molecule has 1 fully saturated rings. The highest BCUT2D eigenvalue weighted by Crippen LogP contribution is 2.24. The second-order valence-electron chi connectivity index (χ2n) is 6.83. The van der Waals surface area contributed by atoms with Crippen molar-refractivity contribution in [3.05, 3.63) is 35.0 Å². The highest BCUT2D eigenvalue weighted by atomic mass is 15.2. The van der Waals surface area contributed by atoms with Gasteiger partial charge < -0.3 is 10.2 Å². The number of nitrogens with zero attached hydrogens (tertiary/aromatic N) is 2. The summed E-state index contributed by atoms with van der Waals surface area (Å²) in [5.41, 5.74) is 4.05. The highest BCUT2D eigenvalue weighted by Gasteiger charge is 2.21. The molecule has 1 saturated carbocycles. The van der Waals surface area contributed by atoms with Gasteiger partial charge in [0, 0.05) is 31.4 Å². The van der Waals surface area contributed by atoms with Gasteiger partial charge in [-0.05, 0) is 49.8 Å². The molecule has 1 N–H and O–H groups in total. The van der Waals surface area contributed by atoms with Crippen LogP contribution in [0.1, 0.15) is 57.2 Å². The van der Waals surface area contributed by atoms with Crippen LogP contribution in [0.5, 0.6) is 0 Å². The Labute approximate surface area is 128 Å². The molecule has 0 bridgehead atoms. The first-order valence-electron chi connectivity index (χ1n) is 8.26. The second kappa shape index (κ2) is 6.18. The van der Waals surface area contributed by atoms with Crippen LogP contribution >= 0.6 is 0 Å². The van der Waals surface area contributed by atoms with Gasteiger partial charge in [0.05, 0.1) is 0 Å². The first-order valence-corrected chi connectivity index (χ1v) is 8.26. The highest BCUT2D eigenvalue weighted by molar-refractivity contribution is 5.45. The predicted molar refractivity (Wildman–Crippen MR) is 88.8 cm³/mol. The summed E-state index contributed by atoms with van der Waals surface area (Å²) in [7, 11) is 0. The minimum Gasteiger partial charge on any atom is -0.352 e. The molecule has 114 valence electrons. The number of aromatic nitrogens is 1. The molecule has 3 rings (SSSR count). The van der Waals surface area contributed by atoms with Crippen LogP contribution in [0.15, 0.2) is 23.8 Å². The molecule has 0 amide bonds. The molecule has 0 unspecified atom stereocenters. The third-order valence-corrected chi connectivity index (χ3v) is 4.31. The average molecular weight is 285 g/mol. The van der Waals surface area contributed by atoms with Gasteiger partial charge in [-0.15, -0.1) is 0 Å². The lowest BCUT2D eigenvalue weighted by Crippen LogP contribution is -2.30. The van der Waals surface area contributed by atoms with Gasteiger partial charge in [-0.3, -0.25) is 0 Å². The van der Waals surface area contributed by atoms with Crippen LogP contribution in [0.25, 0.3) is 0 Å². The van der Waals surface area contributed by atoms with Crippen molar-refractivity contribution in [1.82, 2.24) is 10.3 Å². The smallest absolute Gasteiger partial charge is 0.129 e. The Morgan fingerprint density at radius 1 is 1.33 bits per heavy atom. The van der Waals surface area contributed by atoms with Gasteiger partial charge in [-0.1, -0.05) is 25.5 Å². The summed E-state index contributed by atoms with van der Waals surface area (Å²) in [6.45, 7) is 9.75. The van der Waals surface area contributed by atoms with Crippen molar-refractivity contribution in [3.8, 4) is 0 Å². The largest absolute Gasteiger partial charge is 0.352 e. The van der Waals surface area contributed by atoms with Crippen molar-refractivity contribution in [2.45, 2.75) is 58.5 Å². The average Bonchev–Trinajstić information content (AvgIpc) is 3.29. The fourth-order valence-corrected chi connectivity index (χ4v) is 2.81. The van der Waals surface area contributed by atoms with E-state index in [1.807, 2.05) is 0 Å². The quantitative estimate of drug-likeness (QED) is 0.838. The van der Waals surface area contributed by atoms with Gasteiger partial charge in [0.25, 0.3) is 0 Å². The fourth-order valence-electron chi connectivity index (χ4n) is 2.81. The Hall–Kier alpha value is -1.35. The SMILES string of the molecule is CC1=CCCN(c2cc(CNC3CC3)cc(C(C)C)n2)C1. The van der Waals surface area contributed by atoms with E-state index < -0.39 is 0 Å². The van der Waals surface area contributed by atoms with Crippen LogP contribution in [-0.2, 0) is 6.54 Å². The van der Waals surface area contributed by atoms with Crippen molar-refractivity contribution < 1.29 is 0 Å². The zero-order valence-electron chi connectivity index (χ0n) is 13.5. The number of hydrogen-bond acceptors (Lipinski definition) is 3. The molecule has 3 heteroatoms. The van der Waals surface area contributed by atoms with Crippen molar-refractivity contribution >= 4 is 5.82 Å². The van der Waals surface area contributed by atoms with E-state index >= 15 is 0 Å². The third kappa shape index (κ3) is 3.85. The molecule has 1 aliphatic carbocycles. The molecule has 1 aromatic rings. The summed E-state index contributed by atoms with van der Waals surface area (Å²) in [5, 5.41) is 3.62. The topological polar surface area (TPSA) is 28.2 Å². The summed E-state index contributed by atoms with van der Waals surface area (Å²) in [6.07, 6.45) is 6.16. The van der Waals surface area contributed by atoms with Gasteiger partial charge in [-0.25, -0.2) is 4.98 Å². The van der Waals surface area contributed by atoms with Crippen molar-refractivity contribution in [3.63, 3.8) is 0 Å². The van der Waals surface area contributed by atoms with Crippen molar-refractivity contribution in [2.24, 2.45) is 0 Å². The van der Waals surface area contributed by atoms with Crippen LogP contribution in [-0.4, -0.2) is 24.1 Å². The van der Waals surface area contributed by atoms with Crippen molar-refractivity contribution in [1.29, 1.82) is 0 Å². The van der Waals surface area contributed by atoms with Crippen LogP contribution in [0.3, 0.4) is 0 Å². The van der Waals surface area contributed by atoms with E-state index in [1.54, 1.807) is 0 Å². The lowest BCUT2D eigenvalue weighted by molar-refractivity contribution is 0.681. The van der Waals surface area contributed by atoms with E-state index in [1.165, 1.54) is 29.7 Å². The van der Waals surface area contributed by atoms with Crippen LogP contribution < -0.4 is 10.2 Å². The van der Waals surface area contributed by atoms with Crippen LogP contribution in [0.4, 0.5) is 5.82 Å². The molecule has 0 aromatic carbocycles. The number of pyridine rings is 1. The second-order valence-corrected chi connectivity index (χ2v) is 6.83. The molecule has 1 aliphatic heterocycles. The molecule has 2 heterocycles. The van der Waals surface area contributed by atoms with E-state index in [0.29, 0.717) is 5.92 Å².